The summed E-state index contributed by atoms with van der Waals surface area (Å²) in [7, 11) is 0. The molecule has 20 heavy (non-hydrogen) atoms. The third-order valence-electron chi connectivity index (χ3n) is 2.69. The Morgan fingerprint density at radius 2 is 2.00 bits per heavy atom. The van der Waals surface area contributed by atoms with Crippen LogP contribution >= 0.6 is 11.8 Å². The molecule has 0 saturated carbocycles. The van der Waals surface area contributed by atoms with Crippen LogP contribution in [-0.2, 0) is 16.1 Å². The molecule has 0 aliphatic carbocycles. The zero-order chi connectivity index (χ0) is 14.4. The molecule has 0 saturated heterocycles. The van der Waals surface area contributed by atoms with Crippen molar-refractivity contribution >= 4 is 17.7 Å². The fourth-order valence-corrected chi connectivity index (χ4v) is 2.61. The summed E-state index contributed by atoms with van der Waals surface area (Å²) in [6.07, 6.45) is 0. The minimum absolute atomic E-state index is 0.232. The van der Waals surface area contributed by atoms with E-state index in [2.05, 4.69) is 10.2 Å². The van der Waals surface area contributed by atoms with Crippen molar-refractivity contribution in [3.8, 4) is 11.4 Å². The number of carbonyl (C=O) groups is 1. The van der Waals surface area contributed by atoms with Gasteiger partial charge in [0.15, 0.2) is 11.0 Å². The molecule has 0 amide bonds. The van der Waals surface area contributed by atoms with Crippen LogP contribution in [0.3, 0.4) is 0 Å². The Balaban J connectivity index is 2.16. The van der Waals surface area contributed by atoms with Gasteiger partial charge in [0.25, 0.3) is 0 Å². The molecule has 6 heteroatoms. The maximum atomic E-state index is 11.4. The molecule has 5 nitrogen and oxygen atoms in total. The third kappa shape index (κ3) is 3.39. The van der Waals surface area contributed by atoms with Crippen LogP contribution in [0.5, 0.6) is 0 Å². The molecular formula is C14H17N3O2S. The maximum Gasteiger partial charge on any atom is 0.316 e. The molecule has 106 valence electrons. The molecular weight excluding hydrogens is 274 g/mol. The van der Waals surface area contributed by atoms with Crippen LogP contribution in [0.15, 0.2) is 35.5 Å². The normalized spacial score (nSPS) is 10.5. The van der Waals surface area contributed by atoms with Gasteiger partial charge in [-0.3, -0.25) is 4.79 Å². The van der Waals surface area contributed by atoms with Crippen molar-refractivity contribution < 1.29 is 9.53 Å². The van der Waals surface area contributed by atoms with Gasteiger partial charge in [-0.2, -0.15) is 0 Å². The van der Waals surface area contributed by atoms with E-state index in [-0.39, 0.29) is 11.7 Å². The highest BCUT2D eigenvalue weighted by Crippen LogP contribution is 2.23. The van der Waals surface area contributed by atoms with E-state index in [0.717, 1.165) is 23.1 Å². The second kappa shape index (κ2) is 7.09. The van der Waals surface area contributed by atoms with Crippen molar-refractivity contribution in [2.24, 2.45) is 0 Å². The smallest absolute Gasteiger partial charge is 0.316 e. The largest absolute Gasteiger partial charge is 0.465 e. The van der Waals surface area contributed by atoms with Gasteiger partial charge in [-0.05, 0) is 13.8 Å². The van der Waals surface area contributed by atoms with Crippen LogP contribution in [-0.4, -0.2) is 33.1 Å². The zero-order valence-corrected chi connectivity index (χ0v) is 12.4. The monoisotopic (exact) mass is 291 g/mol. The Hall–Kier alpha value is -1.82. The first-order valence-electron chi connectivity index (χ1n) is 6.53. The average Bonchev–Trinajstić information content (AvgIpc) is 2.89. The minimum Gasteiger partial charge on any atom is -0.465 e. The third-order valence-corrected chi connectivity index (χ3v) is 3.63. The molecule has 0 aliphatic heterocycles. The Kier molecular flexibility index (Phi) is 5.17. The number of hydrogen-bond donors (Lipinski definition) is 0. The van der Waals surface area contributed by atoms with Crippen LogP contribution in [0.2, 0.25) is 0 Å². The van der Waals surface area contributed by atoms with Crippen molar-refractivity contribution in [3.05, 3.63) is 30.3 Å². The lowest BCUT2D eigenvalue weighted by molar-refractivity contribution is -0.139. The number of hydrogen-bond acceptors (Lipinski definition) is 5. The van der Waals surface area contributed by atoms with E-state index in [1.807, 2.05) is 41.8 Å². The predicted octanol–water partition coefficient (Wildman–Crippen LogP) is 2.62. The molecule has 0 radical (unpaired) electrons. The van der Waals surface area contributed by atoms with E-state index in [1.165, 1.54) is 11.8 Å². The van der Waals surface area contributed by atoms with Crippen molar-refractivity contribution in [2.75, 3.05) is 12.4 Å². The van der Waals surface area contributed by atoms with Gasteiger partial charge >= 0.3 is 5.97 Å². The van der Waals surface area contributed by atoms with Gasteiger partial charge in [-0.1, -0.05) is 42.1 Å². The Morgan fingerprint density at radius 1 is 1.25 bits per heavy atom. The van der Waals surface area contributed by atoms with E-state index in [0.29, 0.717) is 6.61 Å². The first kappa shape index (κ1) is 14.6. The fraction of sp³-hybridized carbons (Fsp3) is 0.357. The van der Waals surface area contributed by atoms with Crippen molar-refractivity contribution in [1.82, 2.24) is 14.8 Å². The first-order valence-corrected chi connectivity index (χ1v) is 7.51. The summed E-state index contributed by atoms with van der Waals surface area (Å²) in [5.41, 5.74) is 1.02. The Labute approximate surface area is 122 Å². The number of benzene rings is 1. The van der Waals surface area contributed by atoms with E-state index in [1.54, 1.807) is 6.92 Å². The predicted molar refractivity (Wildman–Crippen MR) is 78.5 cm³/mol. The number of ether oxygens (including phenoxy) is 1. The highest BCUT2D eigenvalue weighted by molar-refractivity contribution is 7.99. The molecule has 0 fully saturated rings. The van der Waals surface area contributed by atoms with Gasteiger partial charge < -0.3 is 9.30 Å². The summed E-state index contributed by atoms with van der Waals surface area (Å²) in [4.78, 5) is 11.4. The summed E-state index contributed by atoms with van der Waals surface area (Å²) in [5.74, 6) is 0.838. The van der Waals surface area contributed by atoms with Crippen LogP contribution < -0.4 is 0 Å². The van der Waals surface area contributed by atoms with Crippen LogP contribution in [0.4, 0.5) is 0 Å². The van der Waals surface area contributed by atoms with Gasteiger partial charge in [-0.25, -0.2) is 0 Å². The molecule has 0 N–H and O–H groups in total. The fourth-order valence-electron chi connectivity index (χ4n) is 1.81. The quantitative estimate of drug-likeness (QED) is 0.605. The minimum atomic E-state index is -0.232. The van der Waals surface area contributed by atoms with E-state index < -0.39 is 0 Å². The lowest BCUT2D eigenvalue weighted by Crippen LogP contribution is -2.08. The van der Waals surface area contributed by atoms with Crippen molar-refractivity contribution in [2.45, 2.75) is 25.5 Å². The molecule has 1 aromatic carbocycles. The summed E-state index contributed by atoms with van der Waals surface area (Å²) in [6.45, 7) is 4.98. The number of rotatable bonds is 6. The SMILES string of the molecule is CCOC(=O)CSc1nnc(-c2ccccc2)n1CC. The molecule has 0 aliphatic rings. The average molecular weight is 291 g/mol. The molecule has 2 aromatic rings. The van der Waals surface area contributed by atoms with Gasteiger partial charge in [0.2, 0.25) is 0 Å². The lowest BCUT2D eigenvalue weighted by Gasteiger charge is -2.07. The highest BCUT2D eigenvalue weighted by atomic mass is 32.2. The number of thioether (sulfide) groups is 1. The van der Waals surface area contributed by atoms with Gasteiger partial charge in [0.05, 0.1) is 12.4 Å². The van der Waals surface area contributed by atoms with Crippen molar-refractivity contribution in [3.63, 3.8) is 0 Å². The molecule has 0 atom stereocenters. The zero-order valence-electron chi connectivity index (χ0n) is 11.6. The topological polar surface area (TPSA) is 57.0 Å². The Morgan fingerprint density at radius 3 is 2.65 bits per heavy atom. The lowest BCUT2D eigenvalue weighted by atomic mass is 10.2. The van der Waals surface area contributed by atoms with E-state index in [4.69, 9.17) is 4.74 Å². The van der Waals surface area contributed by atoms with Crippen LogP contribution in [0.1, 0.15) is 13.8 Å². The van der Waals surface area contributed by atoms with E-state index in [9.17, 15) is 4.79 Å². The molecule has 2 rings (SSSR count). The second-order valence-electron chi connectivity index (χ2n) is 4.01. The first-order chi connectivity index (χ1) is 9.76. The Bertz CT molecular complexity index is 569. The number of carbonyl (C=O) groups excluding carboxylic acids is 1. The van der Waals surface area contributed by atoms with Gasteiger partial charge in [0.1, 0.15) is 0 Å². The van der Waals surface area contributed by atoms with Gasteiger partial charge in [0, 0.05) is 12.1 Å². The van der Waals surface area contributed by atoms with Crippen LogP contribution in [0, 0.1) is 0 Å². The molecule has 1 aromatic heterocycles. The van der Waals surface area contributed by atoms with Crippen molar-refractivity contribution in [1.29, 1.82) is 0 Å². The highest BCUT2D eigenvalue weighted by Gasteiger charge is 2.14. The van der Waals surface area contributed by atoms with E-state index >= 15 is 0 Å². The standard InChI is InChI=1S/C14H17N3O2S/c1-3-17-13(11-8-6-5-7-9-11)15-16-14(17)20-10-12(18)19-4-2/h5-9H,3-4,10H2,1-2H3. The number of esters is 1. The summed E-state index contributed by atoms with van der Waals surface area (Å²) in [5, 5.41) is 9.12. The summed E-state index contributed by atoms with van der Waals surface area (Å²) >= 11 is 1.35. The van der Waals surface area contributed by atoms with Gasteiger partial charge in [-0.15, -0.1) is 10.2 Å². The van der Waals surface area contributed by atoms with Crippen LogP contribution in [0.25, 0.3) is 11.4 Å². The molecule has 0 bridgehead atoms. The number of nitrogens with zero attached hydrogens (tertiary/aromatic N) is 3. The second-order valence-corrected chi connectivity index (χ2v) is 4.95. The summed E-state index contributed by atoms with van der Waals surface area (Å²) in [6, 6.07) is 9.89. The number of aromatic nitrogens is 3. The molecule has 1 heterocycles. The molecule has 0 unspecified atom stereocenters. The molecule has 0 spiro atoms. The summed E-state index contributed by atoms with van der Waals surface area (Å²) < 4.78 is 6.91. The maximum absolute atomic E-state index is 11.4.